The third kappa shape index (κ3) is 3.01. The van der Waals surface area contributed by atoms with Gasteiger partial charge in [0.05, 0.1) is 7.11 Å². The molecule has 0 aliphatic carbocycles. The minimum atomic E-state index is -0.367. The number of fused-ring (bicyclic) bond motifs is 1. The molecule has 0 N–H and O–H groups in total. The van der Waals surface area contributed by atoms with Crippen LogP contribution in [0.15, 0.2) is 48.0 Å². The molecule has 0 atom stereocenters. The van der Waals surface area contributed by atoms with Gasteiger partial charge in [0, 0.05) is 5.56 Å². The second-order valence-corrected chi connectivity index (χ2v) is 4.84. The molecule has 0 fully saturated rings. The molecule has 1 heterocycles. The lowest BCUT2D eigenvalue weighted by molar-refractivity contribution is 0.103. The topological polar surface area (TPSA) is 68.5 Å². The standard InChI is InChI=1S/C18H13NO4/c1-21-15-4-2-3-12(8-15)7-14(10-19)18(20)13-5-6-16-17(9-13)23-11-22-16/h2-9H,11H2,1H3. The highest BCUT2D eigenvalue weighted by atomic mass is 16.7. The summed E-state index contributed by atoms with van der Waals surface area (Å²) in [6.45, 7) is 0.137. The van der Waals surface area contributed by atoms with Crippen molar-refractivity contribution in [1.82, 2.24) is 0 Å². The Hall–Kier alpha value is -3.26. The Labute approximate surface area is 133 Å². The van der Waals surface area contributed by atoms with Crippen molar-refractivity contribution in [2.45, 2.75) is 0 Å². The fourth-order valence-corrected chi connectivity index (χ4v) is 2.24. The average molecular weight is 307 g/mol. The van der Waals surface area contributed by atoms with Crippen LogP contribution in [0.1, 0.15) is 15.9 Å². The smallest absolute Gasteiger partial charge is 0.231 e. The number of nitrogens with zero attached hydrogens (tertiary/aromatic N) is 1. The van der Waals surface area contributed by atoms with E-state index < -0.39 is 0 Å². The van der Waals surface area contributed by atoms with Gasteiger partial charge >= 0.3 is 0 Å². The average Bonchev–Trinajstić information content (AvgIpc) is 3.07. The van der Waals surface area contributed by atoms with Gasteiger partial charge in [0.1, 0.15) is 17.4 Å². The zero-order valence-electron chi connectivity index (χ0n) is 12.4. The van der Waals surface area contributed by atoms with Crippen LogP contribution in [-0.2, 0) is 0 Å². The summed E-state index contributed by atoms with van der Waals surface area (Å²) < 4.78 is 15.6. The van der Waals surface area contributed by atoms with Gasteiger partial charge in [-0.15, -0.1) is 0 Å². The van der Waals surface area contributed by atoms with Crippen molar-refractivity contribution < 1.29 is 19.0 Å². The number of hydrogen-bond donors (Lipinski definition) is 0. The van der Waals surface area contributed by atoms with E-state index in [2.05, 4.69) is 0 Å². The molecule has 3 rings (SSSR count). The van der Waals surface area contributed by atoms with Crippen LogP contribution in [0.25, 0.3) is 6.08 Å². The number of ketones is 1. The van der Waals surface area contributed by atoms with Gasteiger partial charge < -0.3 is 14.2 Å². The van der Waals surface area contributed by atoms with Gasteiger partial charge in [-0.1, -0.05) is 12.1 Å². The number of carbonyl (C=O) groups excluding carboxylic acids is 1. The molecular formula is C18H13NO4. The van der Waals surface area contributed by atoms with E-state index in [0.717, 1.165) is 5.56 Å². The molecule has 0 aromatic heterocycles. The van der Waals surface area contributed by atoms with Crippen LogP contribution in [0.5, 0.6) is 17.2 Å². The van der Waals surface area contributed by atoms with Crippen molar-refractivity contribution in [2.24, 2.45) is 0 Å². The summed E-state index contributed by atoms with van der Waals surface area (Å²) in [4.78, 5) is 12.5. The fraction of sp³-hybridized carbons (Fsp3) is 0.111. The number of carbonyl (C=O) groups is 1. The van der Waals surface area contributed by atoms with E-state index in [9.17, 15) is 10.1 Å². The zero-order chi connectivity index (χ0) is 16.2. The van der Waals surface area contributed by atoms with Crippen LogP contribution in [-0.4, -0.2) is 19.7 Å². The Kier molecular flexibility index (Phi) is 3.98. The number of methoxy groups -OCH3 is 1. The molecule has 114 valence electrons. The molecule has 2 aromatic rings. The molecule has 23 heavy (non-hydrogen) atoms. The quantitative estimate of drug-likeness (QED) is 0.493. The number of hydrogen-bond acceptors (Lipinski definition) is 5. The lowest BCUT2D eigenvalue weighted by atomic mass is 10.0. The van der Waals surface area contributed by atoms with Crippen molar-refractivity contribution in [2.75, 3.05) is 13.9 Å². The SMILES string of the molecule is COc1cccc(C=C(C#N)C(=O)c2ccc3c(c2)OCO3)c1. The van der Waals surface area contributed by atoms with E-state index in [-0.39, 0.29) is 18.1 Å². The molecule has 0 saturated heterocycles. The molecule has 1 aliphatic heterocycles. The van der Waals surface area contributed by atoms with Gasteiger partial charge in [-0.2, -0.15) is 5.26 Å². The van der Waals surface area contributed by atoms with Crippen LogP contribution in [0.3, 0.4) is 0 Å². The first-order chi connectivity index (χ1) is 11.2. The summed E-state index contributed by atoms with van der Waals surface area (Å²) in [5, 5.41) is 9.31. The molecule has 0 amide bonds. The van der Waals surface area contributed by atoms with E-state index in [0.29, 0.717) is 22.8 Å². The van der Waals surface area contributed by atoms with E-state index in [1.807, 2.05) is 6.07 Å². The normalized spacial score (nSPS) is 12.6. The predicted octanol–water partition coefficient (Wildman–Crippen LogP) is 3.21. The molecule has 0 saturated carbocycles. The maximum Gasteiger partial charge on any atom is 0.231 e. The summed E-state index contributed by atoms with van der Waals surface area (Å²) in [5.74, 6) is 1.39. The molecule has 5 nitrogen and oxygen atoms in total. The van der Waals surface area contributed by atoms with Gasteiger partial charge in [-0.05, 0) is 42.0 Å². The van der Waals surface area contributed by atoms with Crippen molar-refractivity contribution in [3.05, 3.63) is 59.2 Å². The van der Waals surface area contributed by atoms with Gasteiger partial charge in [0.2, 0.25) is 12.6 Å². The van der Waals surface area contributed by atoms with Crippen LogP contribution < -0.4 is 14.2 Å². The van der Waals surface area contributed by atoms with Crippen molar-refractivity contribution in [3.8, 4) is 23.3 Å². The first kappa shape index (κ1) is 14.7. The third-order valence-electron chi connectivity index (χ3n) is 3.40. The monoisotopic (exact) mass is 307 g/mol. The van der Waals surface area contributed by atoms with E-state index in [4.69, 9.17) is 14.2 Å². The lowest BCUT2D eigenvalue weighted by Gasteiger charge is -2.03. The summed E-state index contributed by atoms with van der Waals surface area (Å²) in [5.41, 5.74) is 1.14. The van der Waals surface area contributed by atoms with Gasteiger partial charge in [-0.3, -0.25) is 4.79 Å². The van der Waals surface area contributed by atoms with E-state index >= 15 is 0 Å². The number of Topliss-reactive ketones (excluding diaryl/α,β-unsaturated/α-hetero) is 1. The zero-order valence-corrected chi connectivity index (χ0v) is 12.4. The third-order valence-corrected chi connectivity index (χ3v) is 3.40. The Bertz CT molecular complexity index is 833. The molecule has 0 spiro atoms. The molecule has 0 radical (unpaired) electrons. The number of nitriles is 1. The maximum atomic E-state index is 12.5. The highest BCUT2D eigenvalue weighted by Gasteiger charge is 2.18. The molecular weight excluding hydrogens is 294 g/mol. The van der Waals surface area contributed by atoms with Gasteiger partial charge in [-0.25, -0.2) is 0 Å². The Morgan fingerprint density at radius 2 is 2.04 bits per heavy atom. The Balaban J connectivity index is 1.92. The summed E-state index contributed by atoms with van der Waals surface area (Å²) in [6, 6.07) is 14.0. The van der Waals surface area contributed by atoms with Crippen molar-refractivity contribution in [1.29, 1.82) is 5.26 Å². The van der Waals surface area contributed by atoms with Crippen LogP contribution in [0.4, 0.5) is 0 Å². The second-order valence-electron chi connectivity index (χ2n) is 4.84. The fourth-order valence-electron chi connectivity index (χ4n) is 2.24. The largest absolute Gasteiger partial charge is 0.497 e. The Morgan fingerprint density at radius 1 is 1.22 bits per heavy atom. The Morgan fingerprint density at radius 3 is 2.83 bits per heavy atom. The summed E-state index contributed by atoms with van der Waals surface area (Å²) in [6.07, 6.45) is 1.54. The molecule has 1 aliphatic rings. The second kappa shape index (κ2) is 6.24. The van der Waals surface area contributed by atoms with Gasteiger partial charge in [0.15, 0.2) is 11.5 Å². The predicted molar refractivity (Wildman–Crippen MR) is 83.5 cm³/mol. The molecule has 0 unspecified atom stereocenters. The number of rotatable bonds is 4. The first-order valence-corrected chi connectivity index (χ1v) is 6.91. The molecule has 2 aromatic carbocycles. The number of ether oxygens (including phenoxy) is 3. The van der Waals surface area contributed by atoms with Crippen LogP contribution in [0.2, 0.25) is 0 Å². The molecule has 5 heteroatoms. The van der Waals surface area contributed by atoms with E-state index in [1.54, 1.807) is 49.6 Å². The van der Waals surface area contributed by atoms with Gasteiger partial charge in [0.25, 0.3) is 0 Å². The van der Waals surface area contributed by atoms with Crippen LogP contribution >= 0.6 is 0 Å². The number of allylic oxidation sites excluding steroid dienone is 1. The van der Waals surface area contributed by atoms with Crippen molar-refractivity contribution >= 4 is 11.9 Å². The highest BCUT2D eigenvalue weighted by Crippen LogP contribution is 2.33. The first-order valence-electron chi connectivity index (χ1n) is 6.91. The minimum Gasteiger partial charge on any atom is -0.497 e. The lowest BCUT2D eigenvalue weighted by Crippen LogP contribution is -2.02. The highest BCUT2D eigenvalue weighted by molar-refractivity contribution is 6.14. The summed E-state index contributed by atoms with van der Waals surface area (Å²) in [7, 11) is 1.56. The summed E-state index contributed by atoms with van der Waals surface area (Å²) >= 11 is 0. The van der Waals surface area contributed by atoms with Crippen LogP contribution in [0, 0.1) is 11.3 Å². The van der Waals surface area contributed by atoms with E-state index in [1.165, 1.54) is 6.08 Å². The maximum absolute atomic E-state index is 12.5. The van der Waals surface area contributed by atoms with Crippen molar-refractivity contribution in [3.63, 3.8) is 0 Å². The number of benzene rings is 2. The minimum absolute atomic E-state index is 0.0390. The molecule has 0 bridgehead atoms.